The molecule has 22 heavy (non-hydrogen) atoms. The first kappa shape index (κ1) is 20.5. The van der Waals surface area contributed by atoms with Crippen LogP contribution in [-0.4, -0.2) is 25.2 Å². The number of hydrogen-bond acceptors (Lipinski definition) is 3. The number of rotatable bonds is 6. The smallest absolute Gasteiger partial charge is 0.422 e. The third-order valence-corrected chi connectivity index (χ3v) is 2.87. The van der Waals surface area contributed by atoms with Crippen molar-refractivity contribution < 1.29 is 22.7 Å². The molecule has 1 atom stereocenters. The average molecular weight is 341 g/mol. The fourth-order valence-corrected chi connectivity index (χ4v) is 1.57. The van der Waals surface area contributed by atoms with Gasteiger partial charge < -0.3 is 15.8 Å². The lowest BCUT2D eigenvalue weighted by Crippen LogP contribution is -2.33. The number of aryl methyl sites for hydroxylation is 1. The number of alkyl halides is 3. The van der Waals surface area contributed by atoms with Crippen molar-refractivity contribution in [3.63, 3.8) is 0 Å². The fraction of sp³-hybridized carbons (Fsp3) is 0.500. The highest BCUT2D eigenvalue weighted by Gasteiger charge is 2.28. The van der Waals surface area contributed by atoms with Crippen LogP contribution in [0.3, 0.4) is 0 Å². The molecule has 0 aromatic heterocycles. The Morgan fingerprint density at radius 1 is 1.41 bits per heavy atom. The van der Waals surface area contributed by atoms with Crippen molar-refractivity contribution in [1.29, 1.82) is 0 Å². The minimum Gasteiger partial charge on any atom is -0.484 e. The zero-order chi connectivity index (χ0) is 16.0. The summed E-state index contributed by atoms with van der Waals surface area (Å²) in [7, 11) is 0. The van der Waals surface area contributed by atoms with Crippen molar-refractivity contribution in [2.24, 2.45) is 11.7 Å². The van der Waals surface area contributed by atoms with Gasteiger partial charge in [-0.15, -0.1) is 12.4 Å². The second kappa shape index (κ2) is 8.85. The summed E-state index contributed by atoms with van der Waals surface area (Å²) in [6.07, 6.45) is -4.40. The second-order valence-corrected chi connectivity index (χ2v) is 4.87. The first-order valence-corrected chi connectivity index (χ1v) is 6.50. The lowest BCUT2D eigenvalue weighted by molar-refractivity contribution is -0.153. The topological polar surface area (TPSA) is 64.4 Å². The van der Waals surface area contributed by atoms with E-state index >= 15 is 0 Å². The molecular formula is C14H20ClF3N2O2. The lowest BCUT2D eigenvalue weighted by atomic mass is 10.1. The van der Waals surface area contributed by atoms with Gasteiger partial charge in [0.1, 0.15) is 5.75 Å². The Kier molecular flexibility index (Phi) is 8.26. The van der Waals surface area contributed by atoms with Gasteiger partial charge in [-0.1, -0.05) is 19.1 Å². The van der Waals surface area contributed by atoms with E-state index in [1.807, 2.05) is 0 Å². The van der Waals surface area contributed by atoms with E-state index in [2.05, 4.69) is 5.32 Å². The lowest BCUT2D eigenvalue weighted by Gasteiger charge is -2.15. The number of halogens is 4. The van der Waals surface area contributed by atoms with Gasteiger partial charge in [0, 0.05) is 24.6 Å². The molecule has 8 heteroatoms. The molecule has 1 rings (SSSR count). The predicted octanol–water partition coefficient (Wildman–Crippen LogP) is 2.57. The van der Waals surface area contributed by atoms with Crippen molar-refractivity contribution >= 4 is 18.3 Å². The van der Waals surface area contributed by atoms with Crippen LogP contribution in [0, 0.1) is 12.8 Å². The standard InChI is InChI=1S/C14H19F3N2O2.ClH/c1-9-3-4-11(7-19-13(20)10(2)6-18)12(5-9)21-8-14(15,16)17;/h3-5,10H,6-8,18H2,1-2H3,(H,19,20);1H. The van der Waals surface area contributed by atoms with Gasteiger partial charge >= 0.3 is 6.18 Å². The summed E-state index contributed by atoms with van der Waals surface area (Å²) in [5, 5.41) is 2.63. The van der Waals surface area contributed by atoms with Gasteiger partial charge in [0.15, 0.2) is 6.61 Å². The van der Waals surface area contributed by atoms with Crippen LogP contribution in [-0.2, 0) is 11.3 Å². The van der Waals surface area contributed by atoms with Crippen LogP contribution in [0.4, 0.5) is 13.2 Å². The van der Waals surface area contributed by atoms with Crippen LogP contribution in [0.1, 0.15) is 18.1 Å². The monoisotopic (exact) mass is 340 g/mol. The minimum atomic E-state index is -4.40. The Bertz CT molecular complexity index is 495. The summed E-state index contributed by atoms with van der Waals surface area (Å²) in [6.45, 7) is 2.36. The molecule has 1 aromatic rings. The second-order valence-electron chi connectivity index (χ2n) is 4.87. The number of nitrogens with two attached hydrogens (primary N) is 1. The first-order chi connectivity index (χ1) is 9.73. The molecule has 1 unspecified atom stereocenters. The van der Waals surface area contributed by atoms with E-state index in [4.69, 9.17) is 10.5 Å². The molecule has 4 nitrogen and oxygen atoms in total. The van der Waals surface area contributed by atoms with Crippen molar-refractivity contribution in [2.45, 2.75) is 26.6 Å². The van der Waals surface area contributed by atoms with Crippen LogP contribution in [0.15, 0.2) is 18.2 Å². The maximum atomic E-state index is 12.2. The summed E-state index contributed by atoms with van der Waals surface area (Å²) < 4.78 is 41.5. The van der Waals surface area contributed by atoms with E-state index < -0.39 is 12.8 Å². The SMILES string of the molecule is Cc1ccc(CNC(=O)C(C)CN)c(OCC(F)(F)F)c1.Cl. The average Bonchev–Trinajstić information content (AvgIpc) is 2.41. The number of carbonyl (C=O) groups excluding carboxylic acids is 1. The molecule has 1 amide bonds. The molecule has 0 spiro atoms. The molecule has 0 heterocycles. The van der Waals surface area contributed by atoms with E-state index in [0.29, 0.717) is 5.56 Å². The number of benzene rings is 1. The van der Waals surface area contributed by atoms with Gasteiger partial charge in [-0.05, 0) is 18.6 Å². The van der Waals surface area contributed by atoms with E-state index in [-0.39, 0.29) is 43.1 Å². The highest BCUT2D eigenvalue weighted by atomic mass is 35.5. The van der Waals surface area contributed by atoms with Crippen molar-refractivity contribution in [3.8, 4) is 5.75 Å². The maximum Gasteiger partial charge on any atom is 0.422 e. The van der Waals surface area contributed by atoms with Crippen LogP contribution in [0.5, 0.6) is 5.75 Å². The summed E-state index contributed by atoms with van der Waals surface area (Å²) in [6, 6.07) is 4.89. The third kappa shape index (κ3) is 7.00. The van der Waals surface area contributed by atoms with E-state index in [9.17, 15) is 18.0 Å². The molecule has 0 bridgehead atoms. The van der Waals surface area contributed by atoms with Crippen molar-refractivity contribution in [1.82, 2.24) is 5.32 Å². The summed E-state index contributed by atoms with van der Waals surface area (Å²) >= 11 is 0. The fourth-order valence-electron chi connectivity index (χ4n) is 1.57. The highest BCUT2D eigenvalue weighted by molar-refractivity contribution is 5.85. The normalized spacial score (nSPS) is 12.3. The van der Waals surface area contributed by atoms with E-state index in [1.54, 1.807) is 26.0 Å². The number of hydrogen-bond donors (Lipinski definition) is 2. The molecule has 0 radical (unpaired) electrons. The Morgan fingerprint density at radius 2 is 2.05 bits per heavy atom. The molecular weight excluding hydrogens is 321 g/mol. The Balaban J connectivity index is 0.00000441. The van der Waals surface area contributed by atoms with Gasteiger partial charge in [-0.25, -0.2) is 0 Å². The number of nitrogens with one attached hydrogen (secondary N) is 1. The Hall–Kier alpha value is -1.47. The van der Waals surface area contributed by atoms with Gasteiger partial charge in [0.25, 0.3) is 0 Å². The molecule has 0 aliphatic heterocycles. The molecule has 0 aliphatic rings. The van der Waals surface area contributed by atoms with Crippen molar-refractivity contribution in [2.75, 3.05) is 13.2 Å². The highest BCUT2D eigenvalue weighted by Crippen LogP contribution is 2.23. The quantitative estimate of drug-likeness (QED) is 0.836. The van der Waals surface area contributed by atoms with E-state index in [1.165, 1.54) is 6.07 Å². The summed E-state index contributed by atoms with van der Waals surface area (Å²) in [5.41, 5.74) is 6.64. The van der Waals surface area contributed by atoms with Gasteiger partial charge in [0.2, 0.25) is 5.91 Å². The Labute approximate surface area is 133 Å². The zero-order valence-corrected chi connectivity index (χ0v) is 13.2. The van der Waals surface area contributed by atoms with Gasteiger partial charge in [-0.2, -0.15) is 13.2 Å². The Morgan fingerprint density at radius 3 is 2.59 bits per heavy atom. The van der Waals surface area contributed by atoms with Crippen LogP contribution in [0.2, 0.25) is 0 Å². The molecule has 0 fully saturated rings. The van der Waals surface area contributed by atoms with Gasteiger partial charge in [0.05, 0.1) is 0 Å². The number of carbonyl (C=O) groups is 1. The third-order valence-electron chi connectivity index (χ3n) is 2.87. The molecule has 0 saturated carbocycles. The largest absolute Gasteiger partial charge is 0.484 e. The van der Waals surface area contributed by atoms with Gasteiger partial charge in [-0.3, -0.25) is 4.79 Å². The molecule has 0 aliphatic carbocycles. The molecule has 126 valence electrons. The number of ether oxygens (including phenoxy) is 1. The summed E-state index contributed by atoms with van der Waals surface area (Å²) in [4.78, 5) is 11.6. The van der Waals surface area contributed by atoms with Crippen LogP contribution < -0.4 is 15.8 Å². The minimum absolute atomic E-state index is 0. The maximum absolute atomic E-state index is 12.2. The predicted molar refractivity (Wildman–Crippen MR) is 80.0 cm³/mol. The summed E-state index contributed by atoms with van der Waals surface area (Å²) in [5.74, 6) is -0.483. The van der Waals surface area contributed by atoms with Crippen molar-refractivity contribution in [3.05, 3.63) is 29.3 Å². The van der Waals surface area contributed by atoms with Crippen LogP contribution in [0.25, 0.3) is 0 Å². The number of amides is 1. The zero-order valence-electron chi connectivity index (χ0n) is 12.4. The molecule has 1 aromatic carbocycles. The first-order valence-electron chi connectivity index (χ1n) is 6.50. The van der Waals surface area contributed by atoms with Crippen LogP contribution >= 0.6 is 12.4 Å². The van der Waals surface area contributed by atoms with E-state index in [0.717, 1.165) is 5.56 Å². The molecule has 3 N–H and O–H groups in total. The molecule has 0 saturated heterocycles.